The van der Waals surface area contributed by atoms with Crippen molar-refractivity contribution in [2.75, 3.05) is 6.54 Å². The van der Waals surface area contributed by atoms with Crippen LogP contribution < -0.4 is 10.6 Å². The number of hydrogen-bond donors (Lipinski definition) is 3. The molecular weight excluding hydrogens is 365 g/mol. The molecule has 5 heteroatoms. The summed E-state index contributed by atoms with van der Waals surface area (Å²) in [6.45, 7) is 11.5. The second-order valence-electron chi connectivity index (χ2n) is 5.07. The molecule has 0 aromatic heterocycles. The van der Waals surface area contributed by atoms with E-state index in [9.17, 15) is 5.11 Å². The van der Waals surface area contributed by atoms with Crippen molar-refractivity contribution in [2.45, 2.75) is 47.2 Å². The van der Waals surface area contributed by atoms with Crippen LogP contribution in [0, 0.1) is 13.8 Å². The summed E-state index contributed by atoms with van der Waals surface area (Å²) in [5.41, 5.74) is 2.90. The summed E-state index contributed by atoms with van der Waals surface area (Å²) >= 11 is 0. The lowest BCUT2D eigenvalue weighted by Crippen LogP contribution is -2.41. The van der Waals surface area contributed by atoms with Crippen LogP contribution in [0.3, 0.4) is 0 Å². The van der Waals surface area contributed by atoms with Gasteiger partial charge in [0.25, 0.3) is 0 Å². The van der Waals surface area contributed by atoms with E-state index in [1.807, 2.05) is 32.9 Å². The Hall–Kier alpha value is -0.980. The second-order valence-corrected chi connectivity index (χ2v) is 5.07. The molecule has 0 heterocycles. The molecule has 4 nitrogen and oxygen atoms in total. The molecular formula is C15H26IN3O. The minimum atomic E-state index is 0. The van der Waals surface area contributed by atoms with Crippen LogP contribution in [0.5, 0.6) is 5.75 Å². The summed E-state index contributed by atoms with van der Waals surface area (Å²) in [6.07, 6.45) is 0. The van der Waals surface area contributed by atoms with E-state index in [2.05, 4.69) is 29.5 Å². The van der Waals surface area contributed by atoms with Gasteiger partial charge in [0.2, 0.25) is 0 Å². The van der Waals surface area contributed by atoms with Crippen molar-refractivity contribution < 1.29 is 5.11 Å². The number of guanidine groups is 1. The smallest absolute Gasteiger partial charge is 0.191 e. The Bertz CT molecular complexity index is 435. The van der Waals surface area contributed by atoms with Gasteiger partial charge >= 0.3 is 0 Å². The third-order valence-electron chi connectivity index (χ3n) is 2.74. The average molecular weight is 391 g/mol. The molecule has 0 bridgehead atoms. The molecule has 0 spiro atoms. The van der Waals surface area contributed by atoms with Gasteiger partial charge in [-0.05, 0) is 51.3 Å². The highest BCUT2D eigenvalue weighted by Crippen LogP contribution is 2.23. The largest absolute Gasteiger partial charge is 0.507 e. The number of aliphatic imine (C=N–C) groups is 1. The number of phenols is 1. The second kappa shape index (κ2) is 9.05. The molecule has 0 saturated carbocycles. The number of nitrogens with one attached hydrogen (secondary N) is 2. The zero-order valence-electron chi connectivity index (χ0n) is 12.9. The summed E-state index contributed by atoms with van der Waals surface area (Å²) in [6, 6.07) is 4.30. The van der Waals surface area contributed by atoms with Gasteiger partial charge in [-0.25, -0.2) is 4.99 Å². The van der Waals surface area contributed by atoms with Gasteiger partial charge in [0.1, 0.15) is 5.75 Å². The number of halogens is 1. The summed E-state index contributed by atoms with van der Waals surface area (Å²) in [5, 5.41) is 16.2. The van der Waals surface area contributed by atoms with Crippen molar-refractivity contribution >= 4 is 29.9 Å². The van der Waals surface area contributed by atoms with E-state index in [0.717, 1.165) is 29.2 Å². The number of hydrogen-bond acceptors (Lipinski definition) is 2. The molecule has 3 N–H and O–H groups in total. The lowest BCUT2D eigenvalue weighted by molar-refractivity contribution is 0.466. The van der Waals surface area contributed by atoms with Crippen LogP contribution in [0.2, 0.25) is 0 Å². The van der Waals surface area contributed by atoms with Crippen LogP contribution in [0.25, 0.3) is 0 Å². The molecule has 1 aromatic rings. The van der Waals surface area contributed by atoms with E-state index < -0.39 is 0 Å². The van der Waals surface area contributed by atoms with Gasteiger partial charge in [0.15, 0.2) is 5.96 Å². The molecule has 114 valence electrons. The van der Waals surface area contributed by atoms with Crippen LogP contribution >= 0.6 is 24.0 Å². The van der Waals surface area contributed by atoms with Gasteiger partial charge < -0.3 is 15.7 Å². The lowest BCUT2D eigenvalue weighted by Gasteiger charge is -2.14. The number of phenolic OH excluding ortho intramolecular Hbond substituents is 1. The maximum absolute atomic E-state index is 9.75. The minimum absolute atomic E-state index is 0. The molecule has 0 aliphatic carbocycles. The summed E-state index contributed by atoms with van der Waals surface area (Å²) in [7, 11) is 0. The molecule has 0 aliphatic rings. The highest BCUT2D eigenvalue weighted by atomic mass is 127. The van der Waals surface area contributed by atoms with E-state index >= 15 is 0 Å². The maximum atomic E-state index is 9.75. The summed E-state index contributed by atoms with van der Waals surface area (Å²) in [5.74, 6) is 1.20. The van der Waals surface area contributed by atoms with Crippen molar-refractivity contribution in [1.82, 2.24) is 10.6 Å². The lowest BCUT2D eigenvalue weighted by atomic mass is 10.1. The molecule has 20 heavy (non-hydrogen) atoms. The van der Waals surface area contributed by atoms with Gasteiger partial charge in [-0.2, -0.15) is 0 Å². The first-order chi connectivity index (χ1) is 8.93. The Morgan fingerprint density at radius 3 is 2.25 bits per heavy atom. The number of nitrogens with zero attached hydrogens (tertiary/aromatic N) is 1. The van der Waals surface area contributed by atoms with Crippen LogP contribution in [-0.2, 0) is 6.54 Å². The van der Waals surface area contributed by atoms with Gasteiger partial charge in [-0.15, -0.1) is 24.0 Å². The molecule has 0 atom stereocenters. The van der Waals surface area contributed by atoms with Gasteiger partial charge in [0.05, 0.1) is 6.54 Å². The van der Waals surface area contributed by atoms with Crippen molar-refractivity contribution in [1.29, 1.82) is 0 Å². The van der Waals surface area contributed by atoms with Crippen LogP contribution in [-0.4, -0.2) is 23.7 Å². The zero-order valence-corrected chi connectivity index (χ0v) is 15.3. The fourth-order valence-corrected chi connectivity index (χ4v) is 1.90. The van der Waals surface area contributed by atoms with Crippen LogP contribution in [0.1, 0.15) is 37.5 Å². The molecule has 0 amide bonds. The predicted octanol–water partition coefficient (Wildman–Crippen LogP) is 3.09. The Morgan fingerprint density at radius 1 is 1.25 bits per heavy atom. The standard InChI is InChI=1S/C15H25N3O.HI/c1-6-16-15(18-10(2)3)17-9-13-7-11(4)14(19)12(5)8-13;/h7-8,10,19H,6,9H2,1-5H3,(H2,16,17,18);1H. The van der Waals surface area contributed by atoms with E-state index in [1.54, 1.807) is 0 Å². The fourth-order valence-electron chi connectivity index (χ4n) is 1.90. The fraction of sp³-hybridized carbons (Fsp3) is 0.533. The van der Waals surface area contributed by atoms with Gasteiger partial charge in [-0.3, -0.25) is 0 Å². The Labute approximate surface area is 139 Å². The Kier molecular flexibility index (Phi) is 8.60. The SMILES string of the molecule is CCNC(=NCc1cc(C)c(O)c(C)c1)NC(C)C.I. The van der Waals surface area contributed by atoms with Gasteiger partial charge in [0, 0.05) is 12.6 Å². The quantitative estimate of drug-likeness (QED) is 0.420. The number of aryl methyl sites for hydroxylation is 2. The Morgan fingerprint density at radius 2 is 1.80 bits per heavy atom. The van der Waals surface area contributed by atoms with E-state index in [-0.39, 0.29) is 24.0 Å². The highest BCUT2D eigenvalue weighted by Gasteiger charge is 2.04. The number of aromatic hydroxyl groups is 1. The van der Waals surface area contributed by atoms with Gasteiger partial charge in [-0.1, -0.05) is 12.1 Å². The number of rotatable bonds is 4. The monoisotopic (exact) mass is 391 g/mol. The van der Waals surface area contributed by atoms with Crippen LogP contribution in [0.4, 0.5) is 0 Å². The van der Waals surface area contributed by atoms with Crippen molar-refractivity contribution in [3.8, 4) is 5.75 Å². The Balaban J connectivity index is 0.00000361. The topological polar surface area (TPSA) is 56.7 Å². The number of benzene rings is 1. The minimum Gasteiger partial charge on any atom is -0.507 e. The first-order valence-corrected chi connectivity index (χ1v) is 6.78. The maximum Gasteiger partial charge on any atom is 0.191 e. The van der Waals surface area contributed by atoms with E-state index in [4.69, 9.17) is 0 Å². The third-order valence-corrected chi connectivity index (χ3v) is 2.74. The first-order valence-electron chi connectivity index (χ1n) is 6.78. The third kappa shape index (κ3) is 5.98. The molecule has 0 aliphatic heterocycles. The molecule has 0 unspecified atom stereocenters. The molecule has 1 rings (SSSR count). The van der Waals surface area contributed by atoms with Crippen molar-refractivity contribution in [2.24, 2.45) is 4.99 Å². The molecule has 1 aromatic carbocycles. The summed E-state index contributed by atoms with van der Waals surface area (Å²) < 4.78 is 0. The van der Waals surface area contributed by atoms with Crippen molar-refractivity contribution in [3.05, 3.63) is 28.8 Å². The summed E-state index contributed by atoms with van der Waals surface area (Å²) in [4.78, 5) is 4.55. The van der Waals surface area contributed by atoms with E-state index in [0.29, 0.717) is 18.3 Å². The van der Waals surface area contributed by atoms with E-state index in [1.165, 1.54) is 0 Å². The first kappa shape index (κ1) is 19.0. The molecule has 0 fully saturated rings. The average Bonchev–Trinajstić information content (AvgIpc) is 2.32. The van der Waals surface area contributed by atoms with Crippen molar-refractivity contribution in [3.63, 3.8) is 0 Å². The normalized spacial score (nSPS) is 11.2. The highest BCUT2D eigenvalue weighted by molar-refractivity contribution is 14.0. The predicted molar refractivity (Wildman–Crippen MR) is 96.1 cm³/mol. The van der Waals surface area contributed by atoms with Crippen LogP contribution in [0.15, 0.2) is 17.1 Å². The molecule has 0 radical (unpaired) electrons. The zero-order chi connectivity index (χ0) is 14.4. The molecule has 0 saturated heterocycles.